The number of rotatable bonds is 3. The lowest BCUT2D eigenvalue weighted by atomic mass is 10.00. The number of piperidine rings is 1. The standard InChI is InChI=1S/C23H25N5O2S/c1-15-7-6-12-27(14-15)21-19-8-4-5-9-20(19)28-22(24-21)23(25-26-28)31(29,30)18-11-10-16(2)17(3)13-18/h4-5,8-11,13,15H,6-7,12,14H2,1-3H3/t15-/m0/s1. The van der Waals surface area contributed by atoms with E-state index in [0.717, 1.165) is 47.4 Å². The molecule has 2 aromatic heterocycles. The molecule has 0 spiro atoms. The van der Waals surface area contributed by atoms with Gasteiger partial charge in [0.15, 0.2) is 5.65 Å². The molecule has 0 radical (unpaired) electrons. The third-order valence-corrected chi connectivity index (χ3v) is 7.85. The van der Waals surface area contributed by atoms with Crippen LogP contribution in [0.4, 0.5) is 5.82 Å². The smallest absolute Gasteiger partial charge is 0.229 e. The van der Waals surface area contributed by atoms with Crippen molar-refractivity contribution in [1.82, 2.24) is 19.8 Å². The minimum Gasteiger partial charge on any atom is -0.356 e. The molecule has 3 heterocycles. The molecule has 160 valence electrons. The summed E-state index contributed by atoms with van der Waals surface area (Å²) >= 11 is 0. The van der Waals surface area contributed by atoms with Gasteiger partial charge in [0.05, 0.1) is 10.4 Å². The molecule has 0 unspecified atom stereocenters. The van der Waals surface area contributed by atoms with Crippen molar-refractivity contribution in [3.05, 3.63) is 53.6 Å². The van der Waals surface area contributed by atoms with Gasteiger partial charge in [-0.1, -0.05) is 30.3 Å². The van der Waals surface area contributed by atoms with Crippen molar-refractivity contribution in [3.8, 4) is 0 Å². The van der Waals surface area contributed by atoms with Gasteiger partial charge in [0.2, 0.25) is 14.9 Å². The fourth-order valence-corrected chi connectivity index (χ4v) is 5.64. The van der Waals surface area contributed by atoms with E-state index in [1.807, 2.05) is 44.2 Å². The zero-order valence-electron chi connectivity index (χ0n) is 17.9. The van der Waals surface area contributed by atoms with E-state index < -0.39 is 9.84 Å². The molecule has 7 nitrogen and oxygen atoms in total. The van der Waals surface area contributed by atoms with Crippen molar-refractivity contribution < 1.29 is 8.42 Å². The molecule has 1 aliphatic heterocycles. The first-order chi connectivity index (χ1) is 14.9. The fraction of sp³-hybridized carbons (Fsp3) is 0.348. The van der Waals surface area contributed by atoms with Gasteiger partial charge in [0, 0.05) is 18.5 Å². The van der Waals surface area contributed by atoms with Gasteiger partial charge in [-0.2, -0.15) is 4.52 Å². The number of hydrogen-bond donors (Lipinski definition) is 0. The van der Waals surface area contributed by atoms with Crippen LogP contribution in [0.2, 0.25) is 0 Å². The van der Waals surface area contributed by atoms with E-state index in [1.54, 1.807) is 16.6 Å². The van der Waals surface area contributed by atoms with Crippen molar-refractivity contribution >= 4 is 32.2 Å². The van der Waals surface area contributed by atoms with Crippen LogP contribution in [-0.2, 0) is 9.84 Å². The normalized spacial score (nSPS) is 17.5. The van der Waals surface area contributed by atoms with Gasteiger partial charge < -0.3 is 4.90 Å². The summed E-state index contributed by atoms with van der Waals surface area (Å²) < 4.78 is 28.5. The Hall–Kier alpha value is -3.00. The predicted octanol–water partition coefficient (Wildman–Crippen LogP) is 3.96. The second-order valence-electron chi connectivity index (χ2n) is 8.53. The van der Waals surface area contributed by atoms with Crippen molar-refractivity contribution in [2.75, 3.05) is 18.0 Å². The fourth-order valence-electron chi connectivity index (χ4n) is 4.32. The monoisotopic (exact) mass is 435 g/mol. The Morgan fingerprint density at radius 1 is 1.06 bits per heavy atom. The molecule has 2 aromatic carbocycles. The number of hydrogen-bond acceptors (Lipinski definition) is 6. The highest BCUT2D eigenvalue weighted by Gasteiger charge is 2.29. The lowest BCUT2D eigenvalue weighted by Gasteiger charge is -2.32. The van der Waals surface area contributed by atoms with Crippen LogP contribution >= 0.6 is 0 Å². The Balaban J connectivity index is 1.75. The molecular weight excluding hydrogens is 410 g/mol. The number of aromatic nitrogens is 4. The van der Waals surface area contributed by atoms with E-state index in [-0.39, 0.29) is 15.6 Å². The molecule has 0 aliphatic carbocycles. The van der Waals surface area contributed by atoms with Crippen LogP contribution in [0.15, 0.2) is 52.4 Å². The molecule has 0 N–H and O–H groups in total. The van der Waals surface area contributed by atoms with E-state index >= 15 is 0 Å². The third-order valence-electron chi connectivity index (χ3n) is 6.20. The van der Waals surface area contributed by atoms with Gasteiger partial charge in [-0.25, -0.2) is 13.4 Å². The largest absolute Gasteiger partial charge is 0.356 e. The predicted molar refractivity (Wildman–Crippen MR) is 120 cm³/mol. The maximum absolute atomic E-state index is 13.5. The minimum absolute atomic E-state index is 0.104. The first-order valence-corrected chi connectivity index (χ1v) is 12.1. The second kappa shape index (κ2) is 7.30. The number of nitrogens with zero attached hydrogens (tertiary/aromatic N) is 5. The molecule has 1 atom stereocenters. The van der Waals surface area contributed by atoms with Crippen LogP contribution in [0.3, 0.4) is 0 Å². The summed E-state index contributed by atoms with van der Waals surface area (Å²) in [5.41, 5.74) is 3.02. The van der Waals surface area contributed by atoms with E-state index in [1.165, 1.54) is 6.42 Å². The molecule has 0 amide bonds. The summed E-state index contributed by atoms with van der Waals surface area (Å²) in [7, 11) is -3.86. The van der Waals surface area contributed by atoms with Crippen LogP contribution < -0.4 is 4.90 Å². The summed E-state index contributed by atoms with van der Waals surface area (Å²) in [5.74, 6) is 1.36. The quantitative estimate of drug-likeness (QED) is 0.485. The zero-order valence-corrected chi connectivity index (χ0v) is 18.7. The molecule has 31 heavy (non-hydrogen) atoms. The van der Waals surface area contributed by atoms with E-state index in [4.69, 9.17) is 4.98 Å². The van der Waals surface area contributed by atoms with Gasteiger partial charge in [0.25, 0.3) is 0 Å². The number of sulfone groups is 1. The zero-order chi connectivity index (χ0) is 21.8. The second-order valence-corrected chi connectivity index (χ2v) is 10.4. The van der Waals surface area contributed by atoms with Gasteiger partial charge in [-0.3, -0.25) is 0 Å². The van der Waals surface area contributed by atoms with Crippen LogP contribution in [0.25, 0.3) is 16.6 Å². The van der Waals surface area contributed by atoms with Crippen LogP contribution in [0.5, 0.6) is 0 Å². The van der Waals surface area contributed by atoms with Crippen LogP contribution in [-0.4, -0.2) is 41.3 Å². The van der Waals surface area contributed by atoms with Gasteiger partial charge in [-0.05, 0) is 68.0 Å². The topological polar surface area (TPSA) is 80.5 Å². The van der Waals surface area contributed by atoms with Gasteiger partial charge in [0.1, 0.15) is 5.82 Å². The van der Waals surface area contributed by atoms with Crippen molar-refractivity contribution in [3.63, 3.8) is 0 Å². The first-order valence-electron chi connectivity index (χ1n) is 10.6. The van der Waals surface area contributed by atoms with Crippen LogP contribution in [0.1, 0.15) is 30.9 Å². The molecule has 1 aliphatic rings. The Morgan fingerprint density at radius 3 is 2.65 bits per heavy atom. The average molecular weight is 436 g/mol. The Morgan fingerprint density at radius 2 is 1.87 bits per heavy atom. The maximum Gasteiger partial charge on any atom is 0.229 e. The highest BCUT2D eigenvalue weighted by atomic mass is 32.2. The van der Waals surface area contributed by atoms with Gasteiger partial charge in [-0.15, -0.1) is 5.10 Å². The van der Waals surface area contributed by atoms with Crippen molar-refractivity contribution in [2.45, 2.75) is 43.5 Å². The van der Waals surface area contributed by atoms with Crippen molar-refractivity contribution in [2.24, 2.45) is 5.92 Å². The van der Waals surface area contributed by atoms with Crippen LogP contribution in [0, 0.1) is 19.8 Å². The summed E-state index contributed by atoms with van der Waals surface area (Å²) in [6, 6.07) is 13.0. The highest BCUT2D eigenvalue weighted by Crippen LogP contribution is 2.32. The minimum atomic E-state index is -3.86. The molecule has 4 aromatic rings. The summed E-state index contributed by atoms with van der Waals surface area (Å²) in [4.78, 5) is 7.31. The Labute approximate surface area is 181 Å². The number of benzene rings is 2. The molecule has 5 rings (SSSR count). The molecule has 8 heteroatoms. The Kier molecular flexibility index (Phi) is 4.69. The summed E-state index contributed by atoms with van der Waals surface area (Å²) in [5, 5.41) is 9.12. The average Bonchev–Trinajstić information content (AvgIpc) is 3.20. The number of para-hydroxylation sites is 1. The third kappa shape index (κ3) is 3.26. The first kappa shape index (κ1) is 19.9. The molecule has 1 fully saturated rings. The number of aryl methyl sites for hydroxylation is 2. The van der Waals surface area contributed by atoms with Gasteiger partial charge >= 0.3 is 0 Å². The lowest BCUT2D eigenvalue weighted by molar-refractivity contribution is 0.445. The molecule has 1 saturated heterocycles. The Bertz CT molecular complexity index is 1410. The van der Waals surface area contributed by atoms with E-state index in [2.05, 4.69) is 22.1 Å². The lowest BCUT2D eigenvalue weighted by Crippen LogP contribution is -2.35. The number of anilines is 1. The van der Waals surface area contributed by atoms with E-state index in [0.29, 0.717) is 5.92 Å². The number of fused-ring (bicyclic) bond motifs is 3. The highest BCUT2D eigenvalue weighted by molar-refractivity contribution is 7.91. The molecule has 0 bridgehead atoms. The maximum atomic E-state index is 13.5. The molecule has 0 saturated carbocycles. The summed E-state index contributed by atoms with van der Waals surface area (Å²) in [6.07, 6.45) is 2.28. The SMILES string of the molecule is Cc1ccc(S(=O)(=O)c2nnn3c2nc(N2CCC[C@H](C)C2)c2ccccc23)cc1C. The van der Waals surface area contributed by atoms with Crippen molar-refractivity contribution in [1.29, 1.82) is 0 Å². The summed E-state index contributed by atoms with van der Waals surface area (Å²) in [6.45, 7) is 7.90. The molecular formula is C23H25N5O2S. The van der Waals surface area contributed by atoms with E-state index in [9.17, 15) is 8.42 Å².